The molecular formula is C59H37NO. The minimum Gasteiger partial charge on any atom is -0.454 e. The Morgan fingerprint density at radius 2 is 0.902 bits per heavy atom. The van der Waals surface area contributed by atoms with Gasteiger partial charge in [0, 0.05) is 22.1 Å². The van der Waals surface area contributed by atoms with Gasteiger partial charge in [-0.05, 0) is 120 Å². The van der Waals surface area contributed by atoms with E-state index < -0.39 is 5.41 Å². The molecule has 0 radical (unpaired) electrons. The second kappa shape index (κ2) is 13.0. The van der Waals surface area contributed by atoms with Gasteiger partial charge in [0.2, 0.25) is 0 Å². The zero-order valence-electron chi connectivity index (χ0n) is 33.2. The minimum atomic E-state index is -0.515. The molecule has 1 aromatic heterocycles. The minimum absolute atomic E-state index is 0.515. The molecule has 0 N–H and O–H groups in total. The van der Waals surface area contributed by atoms with Crippen molar-refractivity contribution in [3.8, 4) is 44.5 Å². The maximum Gasteiger partial charge on any atom is 0.159 e. The van der Waals surface area contributed by atoms with Crippen LogP contribution in [0.15, 0.2) is 229 Å². The third-order valence-corrected chi connectivity index (χ3v) is 13.3. The molecule has 0 amide bonds. The number of nitrogens with zero attached hydrogens (tertiary/aromatic N) is 1. The van der Waals surface area contributed by atoms with Gasteiger partial charge in [-0.1, -0.05) is 182 Å². The first-order chi connectivity index (χ1) is 30.3. The van der Waals surface area contributed by atoms with Crippen LogP contribution in [0.3, 0.4) is 0 Å². The van der Waals surface area contributed by atoms with Crippen molar-refractivity contribution in [2.45, 2.75) is 5.41 Å². The van der Waals surface area contributed by atoms with E-state index in [4.69, 9.17) is 4.42 Å². The molecule has 0 saturated carbocycles. The van der Waals surface area contributed by atoms with E-state index in [-0.39, 0.29) is 0 Å². The van der Waals surface area contributed by atoms with Crippen LogP contribution in [0.5, 0.6) is 0 Å². The van der Waals surface area contributed by atoms with Crippen LogP contribution < -0.4 is 4.90 Å². The monoisotopic (exact) mass is 775 g/mol. The Morgan fingerprint density at radius 3 is 1.72 bits per heavy atom. The van der Waals surface area contributed by atoms with Crippen molar-refractivity contribution in [3.63, 3.8) is 0 Å². The van der Waals surface area contributed by atoms with E-state index in [1.54, 1.807) is 0 Å². The number of furan rings is 1. The summed E-state index contributed by atoms with van der Waals surface area (Å²) in [7, 11) is 0. The Kier molecular flexibility index (Phi) is 7.26. The molecule has 1 spiro atoms. The Balaban J connectivity index is 1.08. The van der Waals surface area contributed by atoms with Crippen molar-refractivity contribution < 1.29 is 4.42 Å². The lowest BCUT2D eigenvalue weighted by atomic mass is 9.70. The summed E-state index contributed by atoms with van der Waals surface area (Å²) in [5, 5.41) is 4.72. The highest BCUT2D eigenvalue weighted by atomic mass is 16.3. The average molecular weight is 776 g/mol. The van der Waals surface area contributed by atoms with Gasteiger partial charge in [-0.15, -0.1) is 0 Å². The molecule has 1 heterocycles. The molecule has 61 heavy (non-hydrogen) atoms. The molecule has 13 rings (SSSR count). The fourth-order valence-corrected chi connectivity index (χ4v) is 10.7. The number of fused-ring (bicyclic) bond motifs is 14. The van der Waals surface area contributed by atoms with Gasteiger partial charge >= 0.3 is 0 Å². The Hall–Kier alpha value is -7.94. The van der Waals surface area contributed by atoms with Gasteiger partial charge in [-0.2, -0.15) is 0 Å². The van der Waals surface area contributed by atoms with Crippen LogP contribution in [0.25, 0.3) is 77.2 Å². The summed E-state index contributed by atoms with van der Waals surface area (Å²) in [5.41, 5.74) is 19.6. The van der Waals surface area contributed by atoms with E-state index in [2.05, 4.69) is 223 Å². The quantitative estimate of drug-likeness (QED) is 0.173. The zero-order chi connectivity index (χ0) is 40.1. The van der Waals surface area contributed by atoms with Crippen LogP contribution in [-0.4, -0.2) is 0 Å². The van der Waals surface area contributed by atoms with Crippen molar-refractivity contribution >= 4 is 49.8 Å². The Morgan fingerprint density at radius 1 is 0.328 bits per heavy atom. The zero-order valence-corrected chi connectivity index (χ0v) is 33.2. The SMILES string of the molecule is c1ccc(-c2ccc(N(c3ccc4c(c3)C3(c5ccccc5-c5ccccc53)c3ccc(-c5cccc6ccccc56)cc3-4)c3cccc4c3oc3ccccc34)cc2)cc1. The molecule has 2 heteroatoms. The molecule has 0 saturated heterocycles. The maximum atomic E-state index is 6.77. The number of hydrogen-bond acceptors (Lipinski definition) is 2. The van der Waals surface area contributed by atoms with Crippen LogP contribution >= 0.6 is 0 Å². The highest BCUT2D eigenvalue weighted by Crippen LogP contribution is 2.64. The van der Waals surface area contributed by atoms with E-state index in [1.165, 1.54) is 77.5 Å². The van der Waals surface area contributed by atoms with Crippen molar-refractivity contribution in [2.24, 2.45) is 0 Å². The summed E-state index contributed by atoms with van der Waals surface area (Å²) in [6.45, 7) is 0. The van der Waals surface area contributed by atoms with Crippen molar-refractivity contribution in [3.05, 3.63) is 247 Å². The molecule has 11 aromatic rings. The van der Waals surface area contributed by atoms with Crippen LogP contribution in [0, 0.1) is 0 Å². The molecule has 0 atom stereocenters. The van der Waals surface area contributed by atoms with Crippen LogP contribution in [-0.2, 0) is 5.41 Å². The summed E-state index contributed by atoms with van der Waals surface area (Å²) in [6.07, 6.45) is 0. The first-order valence-electron chi connectivity index (χ1n) is 21.1. The lowest BCUT2D eigenvalue weighted by Crippen LogP contribution is -2.26. The van der Waals surface area contributed by atoms with E-state index in [0.717, 1.165) is 39.0 Å². The molecule has 0 unspecified atom stereocenters. The van der Waals surface area contributed by atoms with Gasteiger partial charge in [0.15, 0.2) is 5.58 Å². The molecular weight excluding hydrogens is 739 g/mol. The van der Waals surface area contributed by atoms with Gasteiger partial charge in [0.25, 0.3) is 0 Å². The maximum absolute atomic E-state index is 6.77. The summed E-state index contributed by atoms with van der Waals surface area (Å²) in [4.78, 5) is 2.39. The summed E-state index contributed by atoms with van der Waals surface area (Å²) >= 11 is 0. The second-order valence-electron chi connectivity index (χ2n) is 16.4. The van der Waals surface area contributed by atoms with Crippen LogP contribution in [0.2, 0.25) is 0 Å². The molecule has 0 bridgehead atoms. The predicted molar refractivity (Wildman–Crippen MR) is 253 cm³/mol. The molecule has 2 aliphatic rings. The van der Waals surface area contributed by atoms with Gasteiger partial charge in [0.05, 0.1) is 11.1 Å². The van der Waals surface area contributed by atoms with E-state index in [1.807, 2.05) is 6.07 Å². The molecule has 0 aliphatic heterocycles. The highest BCUT2D eigenvalue weighted by molar-refractivity contribution is 6.10. The normalized spacial score (nSPS) is 13.0. The molecule has 284 valence electrons. The highest BCUT2D eigenvalue weighted by Gasteiger charge is 2.52. The fourth-order valence-electron chi connectivity index (χ4n) is 10.7. The van der Waals surface area contributed by atoms with E-state index in [0.29, 0.717) is 0 Å². The number of hydrogen-bond donors (Lipinski definition) is 0. The largest absolute Gasteiger partial charge is 0.454 e. The van der Waals surface area contributed by atoms with Crippen LogP contribution in [0.1, 0.15) is 22.3 Å². The Bertz CT molecular complexity index is 3490. The summed E-state index contributed by atoms with van der Waals surface area (Å²) in [6, 6.07) is 82.3. The van der Waals surface area contributed by atoms with Gasteiger partial charge in [-0.25, -0.2) is 0 Å². The lowest BCUT2D eigenvalue weighted by molar-refractivity contribution is 0.669. The number of anilines is 3. The summed E-state index contributed by atoms with van der Waals surface area (Å²) in [5.74, 6) is 0. The lowest BCUT2D eigenvalue weighted by Gasteiger charge is -2.32. The number of para-hydroxylation sites is 2. The molecule has 2 nitrogen and oxygen atoms in total. The summed E-state index contributed by atoms with van der Waals surface area (Å²) < 4.78 is 6.77. The third kappa shape index (κ3) is 4.85. The molecule has 10 aromatic carbocycles. The van der Waals surface area contributed by atoms with Gasteiger partial charge < -0.3 is 9.32 Å². The van der Waals surface area contributed by atoms with E-state index >= 15 is 0 Å². The van der Waals surface area contributed by atoms with Crippen molar-refractivity contribution in [2.75, 3.05) is 4.90 Å². The molecule has 0 fully saturated rings. The van der Waals surface area contributed by atoms with Gasteiger partial charge in [-0.3, -0.25) is 0 Å². The second-order valence-corrected chi connectivity index (χ2v) is 16.4. The fraction of sp³-hybridized carbons (Fsp3) is 0.0169. The topological polar surface area (TPSA) is 16.4 Å². The van der Waals surface area contributed by atoms with Crippen molar-refractivity contribution in [1.82, 2.24) is 0 Å². The molecule has 2 aliphatic carbocycles. The third-order valence-electron chi connectivity index (χ3n) is 13.3. The number of benzene rings is 10. The number of rotatable bonds is 5. The van der Waals surface area contributed by atoms with E-state index in [9.17, 15) is 0 Å². The first kappa shape index (κ1) is 34.0. The van der Waals surface area contributed by atoms with Gasteiger partial charge in [0.1, 0.15) is 5.58 Å². The predicted octanol–water partition coefficient (Wildman–Crippen LogP) is 15.9. The first-order valence-corrected chi connectivity index (χ1v) is 21.1. The van der Waals surface area contributed by atoms with Crippen LogP contribution in [0.4, 0.5) is 17.1 Å². The van der Waals surface area contributed by atoms with Crippen molar-refractivity contribution in [1.29, 1.82) is 0 Å². The smallest absolute Gasteiger partial charge is 0.159 e. The average Bonchev–Trinajstić information content (AvgIpc) is 3.96. The standard InChI is InChI=1S/C59H37NO/c1-2-14-38(15-3-1)39-28-31-42(32-29-39)60(56-26-13-23-50-49-21-8-11-27-57(49)61-58(50)56)43-33-34-48-51-36-41(45-22-12-17-40-16-4-5-18-44(40)45)30-35-54(51)59(55(48)37-43)52-24-9-6-19-46(52)47-20-7-10-25-53(47)59/h1-37H. The Labute approximate surface area is 354 Å².